The van der Waals surface area contributed by atoms with Crippen LogP contribution in [-0.2, 0) is 9.47 Å². The summed E-state index contributed by atoms with van der Waals surface area (Å²) in [6, 6.07) is 0. The highest BCUT2D eigenvalue weighted by molar-refractivity contribution is 4.66. The molecule has 0 aromatic carbocycles. The molecular formula is C22H52O4. The summed E-state index contributed by atoms with van der Waals surface area (Å²) in [6.07, 6.45) is 14.8. The molecule has 0 aromatic rings. The summed E-state index contributed by atoms with van der Waals surface area (Å²) in [5.74, 6) is 0. The summed E-state index contributed by atoms with van der Waals surface area (Å²) in [5.41, 5.74) is 0. The van der Waals surface area contributed by atoms with E-state index < -0.39 is 0 Å². The fourth-order valence-electron chi connectivity index (χ4n) is 1.36. The molecule has 0 bridgehead atoms. The van der Waals surface area contributed by atoms with Gasteiger partial charge in [0.05, 0.1) is 25.4 Å². The molecule has 0 radical (unpaired) electrons. The van der Waals surface area contributed by atoms with Crippen molar-refractivity contribution in [2.24, 2.45) is 0 Å². The minimum atomic E-state index is 0. The van der Waals surface area contributed by atoms with Crippen molar-refractivity contribution < 1.29 is 20.4 Å². The van der Waals surface area contributed by atoms with Crippen molar-refractivity contribution in [2.45, 2.75) is 118 Å². The van der Waals surface area contributed by atoms with Crippen LogP contribution in [0, 0.1) is 0 Å². The molecule has 4 heteroatoms. The first-order valence-corrected chi connectivity index (χ1v) is 10.4. The van der Waals surface area contributed by atoms with E-state index in [1.165, 1.54) is 51.4 Å². The zero-order valence-electron chi connectivity index (χ0n) is 19.0. The Balaban J connectivity index is -0.0000000708. The third-order valence-corrected chi connectivity index (χ3v) is 3.12. The Kier molecular flexibility index (Phi) is 50.0. The third kappa shape index (κ3) is 56.6. The lowest BCUT2D eigenvalue weighted by molar-refractivity contribution is 0.395. The Labute approximate surface area is 165 Å². The fourth-order valence-corrected chi connectivity index (χ4v) is 1.36. The van der Waals surface area contributed by atoms with Gasteiger partial charge in [0.15, 0.2) is 0 Å². The average Bonchev–Trinajstić information content (AvgIpc) is 3.49. The third-order valence-electron chi connectivity index (χ3n) is 3.12. The van der Waals surface area contributed by atoms with E-state index in [2.05, 4.69) is 55.0 Å². The van der Waals surface area contributed by atoms with Crippen LogP contribution in [0.25, 0.3) is 0 Å². The molecule has 0 aromatic heterocycles. The first-order valence-electron chi connectivity index (χ1n) is 10.4. The highest BCUT2D eigenvalue weighted by atomic mass is 16.6. The van der Waals surface area contributed by atoms with Gasteiger partial charge in [-0.1, -0.05) is 93.1 Å². The molecule has 2 rings (SSSR count). The monoisotopic (exact) mass is 380 g/mol. The molecule has 0 amide bonds. The normalized spacial score (nSPS) is 17.3. The second-order valence-electron chi connectivity index (χ2n) is 6.22. The zero-order chi connectivity index (χ0) is 19.1. The highest BCUT2D eigenvalue weighted by Crippen LogP contribution is 2.14. The van der Waals surface area contributed by atoms with E-state index in [4.69, 9.17) is 9.47 Å². The van der Waals surface area contributed by atoms with Crippen LogP contribution < -0.4 is 0 Å². The van der Waals surface area contributed by atoms with Crippen LogP contribution in [0.5, 0.6) is 0 Å². The molecule has 0 aliphatic carbocycles. The molecule has 2 unspecified atom stereocenters. The molecule has 4 N–H and O–H groups in total. The lowest BCUT2D eigenvalue weighted by Crippen LogP contribution is -1.78. The van der Waals surface area contributed by atoms with Gasteiger partial charge in [-0.25, -0.2) is 0 Å². The second kappa shape index (κ2) is 35.6. The van der Waals surface area contributed by atoms with E-state index in [1.54, 1.807) is 0 Å². The van der Waals surface area contributed by atoms with Crippen molar-refractivity contribution in [3.8, 4) is 0 Å². The highest BCUT2D eigenvalue weighted by Gasteiger charge is 2.19. The van der Waals surface area contributed by atoms with E-state index in [1.807, 2.05) is 6.08 Å². The van der Waals surface area contributed by atoms with E-state index in [0.29, 0.717) is 12.2 Å². The molecule has 0 spiro atoms. The van der Waals surface area contributed by atoms with Crippen molar-refractivity contribution >= 4 is 0 Å². The average molecular weight is 381 g/mol. The van der Waals surface area contributed by atoms with E-state index in [9.17, 15) is 0 Å². The lowest BCUT2D eigenvalue weighted by atomic mass is 10.2. The van der Waals surface area contributed by atoms with Gasteiger partial charge in [0, 0.05) is 0 Å². The van der Waals surface area contributed by atoms with Gasteiger partial charge in [0.25, 0.3) is 0 Å². The number of rotatable bonds is 7. The van der Waals surface area contributed by atoms with Crippen LogP contribution in [0.1, 0.15) is 106 Å². The van der Waals surface area contributed by atoms with E-state index in [0.717, 1.165) is 19.6 Å². The number of allylic oxidation sites excluding steroid dienone is 1. The Hall–Kier alpha value is -0.420. The molecule has 2 aliphatic rings. The molecular weight excluding hydrogens is 328 g/mol. The van der Waals surface area contributed by atoms with E-state index >= 15 is 0 Å². The van der Waals surface area contributed by atoms with Gasteiger partial charge >= 0.3 is 0 Å². The Morgan fingerprint density at radius 1 is 0.769 bits per heavy atom. The Morgan fingerprint density at radius 2 is 1.12 bits per heavy atom. The van der Waals surface area contributed by atoms with Crippen molar-refractivity contribution in [1.29, 1.82) is 0 Å². The maximum absolute atomic E-state index is 4.95. The number of unbranched alkanes of at least 4 members (excludes halogenated alkanes) is 3. The van der Waals surface area contributed by atoms with Gasteiger partial charge in [-0.05, 0) is 19.3 Å². The maximum Gasteiger partial charge on any atom is 0.0809 e. The molecule has 4 nitrogen and oxygen atoms in total. The molecule has 0 saturated carbocycles. The molecule has 26 heavy (non-hydrogen) atoms. The van der Waals surface area contributed by atoms with Gasteiger partial charge in [-0.3, -0.25) is 0 Å². The Morgan fingerprint density at radius 3 is 1.19 bits per heavy atom. The predicted octanol–water partition coefficient (Wildman–Crippen LogP) is 5.92. The van der Waals surface area contributed by atoms with Gasteiger partial charge < -0.3 is 20.4 Å². The minimum Gasteiger partial charge on any atom is -0.412 e. The molecule has 2 heterocycles. The van der Waals surface area contributed by atoms with Crippen LogP contribution in [0.3, 0.4) is 0 Å². The number of ether oxygens (including phenoxy) is 2. The molecule has 2 aliphatic heterocycles. The van der Waals surface area contributed by atoms with Crippen LogP contribution in [-0.4, -0.2) is 36.4 Å². The molecule has 2 fully saturated rings. The minimum absolute atomic E-state index is 0. The van der Waals surface area contributed by atoms with Crippen LogP contribution in [0.2, 0.25) is 0 Å². The summed E-state index contributed by atoms with van der Waals surface area (Å²) >= 11 is 0. The summed E-state index contributed by atoms with van der Waals surface area (Å²) in [5, 5.41) is 0. The van der Waals surface area contributed by atoms with Crippen molar-refractivity contribution in [2.75, 3.05) is 13.2 Å². The Bertz CT molecular complexity index is 198. The first kappa shape index (κ1) is 36.5. The fraction of sp³-hybridized carbons (Fsp3) is 0.909. The van der Waals surface area contributed by atoms with Crippen LogP contribution >= 0.6 is 0 Å². The van der Waals surface area contributed by atoms with Crippen LogP contribution in [0.15, 0.2) is 12.7 Å². The molecule has 164 valence electrons. The number of hydrogen-bond donors (Lipinski definition) is 0. The topological polar surface area (TPSA) is 88.1 Å². The smallest absolute Gasteiger partial charge is 0.0809 e. The maximum atomic E-state index is 4.95. The van der Waals surface area contributed by atoms with Gasteiger partial charge in [-0.2, -0.15) is 0 Å². The van der Waals surface area contributed by atoms with Gasteiger partial charge in [0.1, 0.15) is 0 Å². The summed E-state index contributed by atoms with van der Waals surface area (Å²) < 4.78 is 9.81. The SMILES string of the molecule is C=CCC.CCC.CCC1CO1.CCCC1CO1.CCCCCC.O.O. The van der Waals surface area contributed by atoms with E-state index in [-0.39, 0.29) is 11.0 Å². The zero-order valence-corrected chi connectivity index (χ0v) is 19.0. The van der Waals surface area contributed by atoms with Gasteiger partial charge in [0.2, 0.25) is 0 Å². The van der Waals surface area contributed by atoms with Crippen molar-refractivity contribution in [3.63, 3.8) is 0 Å². The summed E-state index contributed by atoms with van der Waals surface area (Å²) in [4.78, 5) is 0. The quantitative estimate of drug-likeness (QED) is 0.312. The number of hydrogen-bond acceptors (Lipinski definition) is 2. The van der Waals surface area contributed by atoms with Crippen LogP contribution in [0.4, 0.5) is 0 Å². The predicted molar refractivity (Wildman–Crippen MR) is 118 cm³/mol. The van der Waals surface area contributed by atoms with Gasteiger partial charge in [-0.15, -0.1) is 6.58 Å². The largest absolute Gasteiger partial charge is 0.412 e. The lowest BCUT2D eigenvalue weighted by Gasteiger charge is -1.86. The molecule has 2 saturated heterocycles. The molecule has 2 atom stereocenters. The number of epoxide rings is 2. The first-order chi connectivity index (χ1) is 11.6. The summed E-state index contributed by atoms with van der Waals surface area (Å²) in [6.45, 7) is 20.6. The summed E-state index contributed by atoms with van der Waals surface area (Å²) in [7, 11) is 0. The standard InChI is InChI=1S/C6H14.C5H10O.C4H8O.C4H8.C3H8.2H2O/c1-3-5-6-4-2;1-2-3-5-4-6-5;1-2-4-3-5-4;1-3-4-2;1-3-2;;/h3-6H2,1-2H3;5H,2-4H2,1H3;4H,2-3H2,1H3;3H,1,4H2,2H3;3H2,1-2H3;2*1H2. The van der Waals surface area contributed by atoms with Crippen molar-refractivity contribution in [3.05, 3.63) is 12.7 Å². The second-order valence-corrected chi connectivity index (χ2v) is 6.22. The van der Waals surface area contributed by atoms with Crippen molar-refractivity contribution in [1.82, 2.24) is 0 Å².